The largest absolute Gasteiger partial charge is 0.378 e. The molecule has 3 N–H and O–H groups in total. The van der Waals surface area contributed by atoms with E-state index in [9.17, 15) is 14.4 Å². The fourth-order valence-electron chi connectivity index (χ4n) is 3.85. The quantitative estimate of drug-likeness (QED) is 0.618. The molecule has 4 rings (SSSR count). The number of carbonyl (C=O) groups is 2. The number of carbonyl (C=O) groups excluding carboxylic acids is 2. The van der Waals surface area contributed by atoms with Crippen molar-refractivity contribution in [3.8, 4) is 11.1 Å². The Morgan fingerprint density at radius 1 is 1.15 bits per heavy atom. The Kier molecular flexibility index (Phi) is 6.23. The Balaban J connectivity index is 1.61. The van der Waals surface area contributed by atoms with Gasteiger partial charge in [-0.2, -0.15) is 0 Å². The summed E-state index contributed by atoms with van der Waals surface area (Å²) >= 11 is 0. The zero-order valence-electron chi connectivity index (χ0n) is 18.5. The van der Waals surface area contributed by atoms with Crippen molar-refractivity contribution >= 4 is 23.3 Å². The molecule has 0 radical (unpaired) electrons. The summed E-state index contributed by atoms with van der Waals surface area (Å²) in [4.78, 5) is 43.1. The summed E-state index contributed by atoms with van der Waals surface area (Å²) in [5.41, 5.74) is 8.74. The Morgan fingerprint density at radius 3 is 2.58 bits per heavy atom. The van der Waals surface area contributed by atoms with E-state index < -0.39 is 5.91 Å². The first-order valence-electron chi connectivity index (χ1n) is 10.6. The second-order valence-corrected chi connectivity index (χ2v) is 7.86. The third-order valence-electron chi connectivity index (χ3n) is 5.67. The van der Waals surface area contributed by atoms with Crippen LogP contribution in [0.15, 0.2) is 53.6 Å². The molecule has 0 unspecified atom stereocenters. The number of primary amides is 1. The fourth-order valence-corrected chi connectivity index (χ4v) is 3.85. The molecule has 0 bridgehead atoms. The second-order valence-electron chi connectivity index (χ2n) is 7.86. The van der Waals surface area contributed by atoms with Gasteiger partial charge in [-0.1, -0.05) is 12.1 Å². The van der Waals surface area contributed by atoms with Crippen molar-refractivity contribution < 1.29 is 14.3 Å². The van der Waals surface area contributed by atoms with Gasteiger partial charge in [-0.25, -0.2) is 4.98 Å². The van der Waals surface area contributed by atoms with Gasteiger partial charge in [-0.15, -0.1) is 0 Å². The molecule has 0 spiro atoms. The summed E-state index contributed by atoms with van der Waals surface area (Å²) in [6, 6.07) is 10.4. The molecule has 1 fully saturated rings. The van der Waals surface area contributed by atoms with Crippen LogP contribution >= 0.6 is 0 Å². The lowest BCUT2D eigenvalue weighted by Gasteiger charge is -2.26. The number of anilines is 2. The number of hydrogen-bond acceptors (Lipinski definition) is 6. The van der Waals surface area contributed by atoms with Gasteiger partial charge >= 0.3 is 0 Å². The predicted octanol–water partition coefficient (Wildman–Crippen LogP) is 2.07. The lowest BCUT2D eigenvalue weighted by atomic mass is 9.97. The number of pyridine rings is 2. The van der Waals surface area contributed by atoms with Crippen LogP contribution in [0.2, 0.25) is 0 Å². The highest BCUT2D eigenvalue weighted by molar-refractivity contribution is 5.96. The van der Waals surface area contributed by atoms with Gasteiger partial charge < -0.3 is 25.3 Å². The molecule has 1 aromatic carbocycles. The number of nitrogens with one attached hydrogen (secondary N) is 1. The van der Waals surface area contributed by atoms with E-state index in [0.717, 1.165) is 16.7 Å². The second kappa shape index (κ2) is 9.25. The number of benzene rings is 1. The van der Waals surface area contributed by atoms with Crippen LogP contribution in [0.1, 0.15) is 26.3 Å². The molecule has 0 saturated carbocycles. The molecule has 0 aliphatic carbocycles. The third-order valence-corrected chi connectivity index (χ3v) is 5.67. The number of rotatable bonds is 5. The first-order valence-corrected chi connectivity index (χ1v) is 10.6. The van der Waals surface area contributed by atoms with Crippen LogP contribution in [0.25, 0.3) is 11.1 Å². The number of nitrogens with zero attached hydrogens (tertiary/aromatic N) is 3. The maximum atomic E-state index is 12.7. The summed E-state index contributed by atoms with van der Waals surface area (Å²) in [6.07, 6.45) is 3.20. The van der Waals surface area contributed by atoms with Gasteiger partial charge in [0.2, 0.25) is 5.91 Å². The smallest absolute Gasteiger partial charge is 0.274 e. The fraction of sp³-hybridized carbons (Fsp3) is 0.250. The van der Waals surface area contributed by atoms with E-state index in [1.807, 2.05) is 13.0 Å². The number of aryl methyl sites for hydroxylation is 1. The zero-order valence-corrected chi connectivity index (χ0v) is 18.5. The monoisotopic (exact) mass is 447 g/mol. The Bertz CT molecular complexity index is 1260. The van der Waals surface area contributed by atoms with Crippen molar-refractivity contribution in [2.45, 2.75) is 6.92 Å². The average Bonchev–Trinajstić information content (AvgIpc) is 2.82. The normalized spacial score (nSPS) is 13.6. The highest BCUT2D eigenvalue weighted by Crippen LogP contribution is 2.27. The van der Waals surface area contributed by atoms with Crippen molar-refractivity contribution in [3.05, 3.63) is 75.8 Å². The van der Waals surface area contributed by atoms with Crippen LogP contribution in [0, 0.1) is 6.92 Å². The molecule has 170 valence electrons. The molecule has 0 atom stereocenters. The van der Waals surface area contributed by atoms with Crippen LogP contribution in [-0.2, 0) is 11.8 Å². The number of ether oxygens (including phenoxy) is 1. The molecule has 2 aromatic heterocycles. The maximum absolute atomic E-state index is 12.7. The van der Waals surface area contributed by atoms with Gasteiger partial charge in [-0.05, 0) is 42.3 Å². The minimum atomic E-state index is -0.506. The van der Waals surface area contributed by atoms with E-state index >= 15 is 0 Å². The summed E-state index contributed by atoms with van der Waals surface area (Å²) in [6.45, 7) is 3.98. The van der Waals surface area contributed by atoms with Crippen LogP contribution in [-0.4, -0.2) is 52.6 Å². The lowest BCUT2D eigenvalue weighted by Crippen LogP contribution is -2.40. The molecular weight excluding hydrogens is 422 g/mol. The number of amides is 2. The van der Waals surface area contributed by atoms with Crippen LogP contribution in [0.3, 0.4) is 0 Å². The molecule has 3 aromatic rings. The molecular formula is C24H25N5O4. The Labute approximate surface area is 190 Å². The summed E-state index contributed by atoms with van der Waals surface area (Å²) in [5, 5.41) is 3.04. The van der Waals surface area contributed by atoms with Crippen LogP contribution in [0.5, 0.6) is 0 Å². The highest BCUT2D eigenvalue weighted by Gasteiger charge is 2.19. The molecule has 2 amide bonds. The van der Waals surface area contributed by atoms with E-state index in [2.05, 4.69) is 10.3 Å². The van der Waals surface area contributed by atoms with Crippen LogP contribution in [0.4, 0.5) is 11.5 Å². The van der Waals surface area contributed by atoms with E-state index in [0.29, 0.717) is 48.9 Å². The first-order chi connectivity index (χ1) is 15.8. The van der Waals surface area contributed by atoms with Crippen molar-refractivity contribution in [2.75, 3.05) is 31.6 Å². The third kappa shape index (κ3) is 4.63. The molecule has 1 saturated heterocycles. The average molecular weight is 447 g/mol. The van der Waals surface area contributed by atoms with E-state index in [1.165, 1.54) is 10.8 Å². The Hall–Kier alpha value is -3.98. The van der Waals surface area contributed by atoms with E-state index in [1.54, 1.807) is 48.5 Å². The molecule has 33 heavy (non-hydrogen) atoms. The number of hydrogen-bond donors (Lipinski definition) is 2. The molecule has 9 heteroatoms. The predicted molar refractivity (Wildman–Crippen MR) is 125 cm³/mol. The lowest BCUT2D eigenvalue weighted by molar-refractivity contribution is 0.0302. The van der Waals surface area contributed by atoms with Crippen molar-refractivity contribution in [1.82, 2.24) is 14.5 Å². The number of aromatic nitrogens is 2. The van der Waals surface area contributed by atoms with Gasteiger partial charge in [0.15, 0.2) is 0 Å². The van der Waals surface area contributed by atoms with Gasteiger partial charge in [0, 0.05) is 43.7 Å². The highest BCUT2D eigenvalue weighted by atomic mass is 16.5. The van der Waals surface area contributed by atoms with Gasteiger partial charge in [0.1, 0.15) is 11.5 Å². The van der Waals surface area contributed by atoms with Crippen molar-refractivity contribution in [2.24, 2.45) is 12.8 Å². The van der Waals surface area contributed by atoms with Crippen molar-refractivity contribution in [1.29, 1.82) is 0 Å². The zero-order chi connectivity index (χ0) is 23.5. The molecule has 1 aliphatic rings. The molecule has 3 heterocycles. The topological polar surface area (TPSA) is 120 Å². The standard InChI is InChI=1S/C24H25N5O4/c1-15-18(4-3-5-19(15)22(25)30)17-12-20(24(32)28(2)14-17)27-21-7-6-16(13-26-21)23(31)29-8-10-33-11-9-29/h3-7,12-14H,8-11H2,1-2H3,(H2,25,30)(H,26,27). The molecule has 9 nitrogen and oxygen atoms in total. The van der Waals surface area contributed by atoms with Gasteiger partial charge in [-0.3, -0.25) is 14.4 Å². The van der Waals surface area contributed by atoms with Gasteiger partial charge in [0.25, 0.3) is 11.5 Å². The minimum absolute atomic E-state index is 0.0972. The molecule has 1 aliphatic heterocycles. The van der Waals surface area contributed by atoms with Gasteiger partial charge in [0.05, 0.1) is 18.8 Å². The number of nitrogens with two attached hydrogens (primary N) is 1. The summed E-state index contributed by atoms with van der Waals surface area (Å²) < 4.78 is 6.75. The first kappa shape index (κ1) is 22.2. The van der Waals surface area contributed by atoms with E-state index in [-0.39, 0.29) is 11.5 Å². The summed E-state index contributed by atoms with van der Waals surface area (Å²) in [5.74, 6) is -0.168. The maximum Gasteiger partial charge on any atom is 0.274 e. The number of morpholine rings is 1. The summed E-state index contributed by atoms with van der Waals surface area (Å²) in [7, 11) is 1.65. The SMILES string of the molecule is Cc1c(C(N)=O)cccc1-c1cc(Nc2ccc(C(=O)N3CCOCC3)cn2)c(=O)n(C)c1. The van der Waals surface area contributed by atoms with E-state index in [4.69, 9.17) is 10.5 Å². The van der Waals surface area contributed by atoms with Crippen molar-refractivity contribution in [3.63, 3.8) is 0 Å². The minimum Gasteiger partial charge on any atom is -0.378 e. The van der Waals surface area contributed by atoms with Crippen LogP contribution < -0.4 is 16.6 Å². The Morgan fingerprint density at radius 2 is 1.91 bits per heavy atom.